The molecule has 0 aromatic rings. The third-order valence-corrected chi connectivity index (χ3v) is 2.21. The lowest BCUT2D eigenvalue weighted by molar-refractivity contribution is 0.148. The van der Waals surface area contributed by atoms with Crippen LogP contribution in [-0.4, -0.2) is 11.2 Å². The van der Waals surface area contributed by atoms with Gasteiger partial charge < -0.3 is 5.11 Å². The lowest BCUT2D eigenvalue weighted by Crippen LogP contribution is -2.06. The Kier molecular flexibility index (Phi) is 3.13. The third-order valence-electron chi connectivity index (χ3n) is 2.21. The van der Waals surface area contributed by atoms with Gasteiger partial charge in [-0.25, -0.2) is 0 Å². The van der Waals surface area contributed by atoms with Crippen molar-refractivity contribution in [2.45, 2.75) is 45.1 Å². The molecule has 64 valence electrons. The van der Waals surface area contributed by atoms with E-state index < -0.39 is 0 Å². The van der Waals surface area contributed by atoms with Crippen LogP contribution in [0.3, 0.4) is 0 Å². The minimum atomic E-state index is -0.0702. The molecule has 1 nitrogen and oxygen atoms in total. The van der Waals surface area contributed by atoms with Gasteiger partial charge in [-0.1, -0.05) is 18.4 Å². The van der Waals surface area contributed by atoms with Gasteiger partial charge in [-0.05, 0) is 32.1 Å². The van der Waals surface area contributed by atoms with Crippen LogP contribution in [0.2, 0.25) is 0 Å². The van der Waals surface area contributed by atoms with E-state index >= 15 is 0 Å². The highest BCUT2D eigenvalue weighted by Crippen LogP contribution is 2.34. The largest absolute Gasteiger partial charge is 0.393 e. The molecule has 1 aliphatic rings. The molecule has 1 aliphatic carbocycles. The van der Waals surface area contributed by atoms with Gasteiger partial charge in [0.25, 0.3) is 0 Å². The molecule has 1 fully saturated rings. The number of allylic oxidation sites excluding steroid dienone is 1. The fourth-order valence-electron chi connectivity index (χ4n) is 1.27. The molecule has 0 radical (unpaired) electrons. The van der Waals surface area contributed by atoms with Gasteiger partial charge in [0.2, 0.25) is 0 Å². The van der Waals surface area contributed by atoms with Gasteiger partial charge in [0.05, 0.1) is 6.10 Å². The first-order chi connectivity index (χ1) is 5.18. The highest BCUT2D eigenvalue weighted by Gasteiger charge is 2.23. The van der Waals surface area contributed by atoms with Crippen LogP contribution in [0.25, 0.3) is 0 Å². The molecule has 0 spiro atoms. The van der Waals surface area contributed by atoms with Crippen LogP contribution in [0.15, 0.2) is 12.2 Å². The fourth-order valence-corrected chi connectivity index (χ4v) is 1.27. The van der Waals surface area contributed by atoms with E-state index in [0.717, 1.165) is 25.2 Å². The highest BCUT2D eigenvalue weighted by atomic mass is 16.3. The van der Waals surface area contributed by atoms with Crippen molar-refractivity contribution < 1.29 is 5.11 Å². The Bertz CT molecular complexity index is 136. The molecule has 11 heavy (non-hydrogen) atoms. The van der Waals surface area contributed by atoms with Gasteiger partial charge in [0.1, 0.15) is 0 Å². The van der Waals surface area contributed by atoms with Gasteiger partial charge in [0.15, 0.2) is 0 Å². The minimum Gasteiger partial charge on any atom is -0.393 e. The second-order valence-electron chi connectivity index (χ2n) is 3.83. The van der Waals surface area contributed by atoms with Crippen molar-refractivity contribution in [3.05, 3.63) is 12.2 Å². The van der Waals surface area contributed by atoms with E-state index in [1.807, 2.05) is 6.92 Å². The predicted molar refractivity (Wildman–Crippen MR) is 47.4 cm³/mol. The number of aliphatic hydroxyl groups excluding tert-OH is 1. The van der Waals surface area contributed by atoms with Crippen molar-refractivity contribution in [2.75, 3.05) is 0 Å². The summed E-state index contributed by atoms with van der Waals surface area (Å²) in [5.41, 5.74) is 1.18. The average Bonchev–Trinajstić information content (AvgIpc) is 2.67. The normalized spacial score (nSPS) is 19.8. The zero-order valence-corrected chi connectivity index (χ0v) is 7.34. The summed E-state index contributed by atoms with van der Waals surface area (Å²) in [5, 5.41) is 9.47. The predicted octanol–water partition coefficient (Wildman–Crippen LogP) is 2.50. The van der Waals surface area contributed by atoms with Crippen molar-refractivity contribution in [3.63, 3.8) is 0 Å². The van der Waals surface area contributed by atoms with E-state index in [9.17, 15) is 5.11 Å². The van der Waals surface area contributed by atoms with Crippen LogP contribution >= 0.6 is 0 Å². The lowest BCUT2D eigenvalue weighted by atomic mass is 10.1. The minimum absolute atomic E-state index is 0.0702. The summed E-state index contributed by atoms with van der Waals surface area (Å²) in [4.78, 5) is 0. The van der Waals surface area contributed by atoms with Gasteiger partial charge in [0, 0.05) is 0 Å². The summed E-state index contributed by atoms with van der Waals surface area (Å²) >= 11 is 0. The Morgan fingerprint density at radius 1 is 1.64 bits per heavy atom. The van der Waals surface area contributed by atoms with E-state index in [0.29, 0.717) is 0 Å². The topological polar surface area (TPSA) is 20.2 Å². The first-order valence-corrected chi connectivity index (χ1v) is 4.51. The SMILES string of the molecule is C=C(C)CCC(O)CC1CC1. The molecule has 1 unspecified atom stereocenters. The summed E-state index contributed by atoms with van der Waals surface area (Å²) in [5.74, 6) is 0.843. The summed E-state index contributed by atoms with van der Waals surface area (Å²) < 4.78 is 0. The third kappa shape index (κ3) is 4.20. The molecular weight excluding hydrogens is 136 g/mol. The summed E-state index contributed by atoms with van der Waals surface area (Å²) in [7, 11) is 0. The van der Waals surface area contributed by atoms with E-state index in [1.54, 1.807) is 0 Å². The smallest absolute Gasteiger partial charge is 0.0546 e. The molecule has 1 N–H and O–H groups in total. The van der Waals surface area contributed by atoms with Crippen LogP contribution in [0, 0.1) is 5.92 Å². The molecule has 1 atom stereocenters. The molecule has 0 aromatic carbocycles. The van der Waals surface area contributed by atoms with Crippen LogP contribution < -0.4 is 0 Å². The van der Waals surface area contributed by atoms with Gasteiger partial charge >= 0.3 is 0 Å². The second-order valence-corrected chi connectivity index (χ2v) is 3.83. The molecule has 1 rings (SSSR count). The Labute approximate surface area is 69.1 Å². The van der Waals surface area contributed by atoms with Gasteiger partial charge in [-0.2, -0.15) is 0 Å². The molecule has 1 heteroatoms. The van der Waals surface area contributed by atoms with Crippen molar-refractivity contribution in [3.8, 4) is 0 Å². The summed E-state index contributed by atoms with van der Waals surface area (Å²) in [6.45, 7) is 5.83. The zero-order chi connectivity index (χ0) is 8.27. The quantitative estimate of drug-likeness (QED) is 0.603. The van der Waals surface area contributed by atoms with Crippen LogP contribution in [0.1, 0.15) is 39.0 Å². The Morgan fingerprint density at radius 2 is 2.27 bits per heavy atom. The van der Waals surface area contributed by atoms with E-state index in [-0.39, 0.29) is 6.10 Å². The van der Waals surface area contributed by atoms with E-state index in [4.69, 9.17) is 0 Å². The van der Waals surface area contributed by atoms with Crippen LogP contribution in [-0.2, 0) is 0 Å². The Hall–Kier alpha value is -0.300. The number of hydrogen-bond donors (Lipinski definition) is 1. The lowest BCUT2D eigenvalue weighted by Gasteiger charge is -2.08. The monoisotopic (exact) mass is 154 g/mol. The van der Waals surface area contributed by atoms with Crippen LogP contribution in [0.4, 0.5) is 0 Å². The Morgan fingerprint density at radius 3 is 2.73 bits per heavy atom. The maximum absolute atomic E-state index is 9.47. The van der Waals surface area contributed by atoms with Crippen molar-refractivity contribution in [1.82, 2.24) is 0 Å². The van der Waals surface area contributed by atoms with Crippen molar-refractivity contribution in [2.24, 2.45) is 5.92 Å². The fraction of sp³-hybridized carbons (Fsp3) is 0.800. The number of hydrogen-bond acceptors (Lipinski definition) is 1. The second kappa shape index (κ2) is 3.91. The molecule has 0 bridgehead atoms. The van der Waals surface area contributed by atoms with E-state index in [1.165, 1.54) is 18.4 Å². The molecule has 0 aliphatic heterocycles. The van der Waals surface area contributed by atoms with Gasteiger partial charge in [-0.15, -0.1) is 6.58 Å². The molecule has 0 heterocycles. The summed E-state index contributed by atoms with van der Waals surface area (Å²) in [6.07, 6.45) is 5.51. The first-order valence-electron chi connectivity index (χ1n) is 4.51. The van der Waals surface area contributed by atoms with Crippen molar-refractivity contribution >= 4 is 0 Å². The molecule has 0 saturated heterocycles. The molecule has 0 amide bonds. The Balaban J connectivity index is 1.99. The van der Waals surface area contributed by atoms with Gasteiger partial charge in [-0.3, -0.25) is 0 Å². The first kappa shape index (κ1) is 8.79. The number of aliphatic hydroxyl groups is 1. The molecular formula is C10H18O. The maximum Gasteiger partial charge on any atom is 0.0546 e. The van der Waals surface area contributed by atoms with Crippen LogP contribution in [0.5, 0.6) is 0 Å². The standard InChI is InChI=1S/C10H18O/c1-8(2)3-6-10(11)7-9-4-5-9/h9-11H,1,3-7H2,2H3. The highest BCUT2D eigenvalue weighted by molar-refractivity contribution is 4.89. The molecule has 0 aromatic heterocycles. The zero-order valence-electron chi connectivity index (χ0n) is 7.34. The molecule has 1 saturated carbocycles. The maximum atomic E-state index is 9.47. The number of rotatable bonds is 5. The van der Waals surface area contributed by atoms with E-state index in [2.05, 4.69) is 6.58 Å². The summed E-state index contributed by atoms with van der Waals surface area (Å²) in [6, 6.07) is 0. The van der Waals surface area contributed by atoms with Crippen molar-refractivity contribution in [1.29, 1.82) is 0 Å². The average molecular weight is 154 g/mol.